The number of carbonyl (C=O) groups excluding carboxylic acids is 2. The van der Waals surface area contributed by atoms with Gasteiger partial charge in [0.25, 0.3) is 0 Å². The summed E-state index contributed by atoms with van der Waals surface area (Å²) in [5.41, 5.74) is 2.15. The number of benzene rings is 2. The fourth-order valence-electron chi connectivity index (χ4n) is 2.93. The summed E-state index contributed by atoms with van der Waals surface area (Å²) in [6.45, 7) is 4.08. The quantitative estimate of drug-likeness (QED) is 0.779. The van der Waals surface area contributed by atoms with Gasteiger partial charge in [0.1, 0.15) is 11.9 Å². The summed E-state index contributed by atoms with van der Waals surface area (Å²) in [6, 6.07) is 11.4. The molecule has 1 N–H and O–H groups in total. The fraction of sp³-hybridized carbons (Fsp3) is 0.333. The number of halogens is 2. The van der Waals surface area contributed by atoms with Crippen molar-refractivity contribution in [3.05, 3.63) is 70.0 Å². The van der Waals surface area contributed by atoms with Crippen molar-refractivity contribution in [1.82, 2.24) is 10.2 Å². The summed E-state index contributed by atoms with van der Waals surface area (Å²) in [5.74, 6) is -1.13. The van der Waals surface area contributed by atoms with Crippen LogP contribution in [0.4, 0.5) is 4.39 Å². The molecule has 2 amide bonds. The van der Waals surface area contributed by atoms with Crippen molar-refractivity contribution in [3.8, 4) is 0 Å². The smallest absolute Gasteiger partial charge is 0.242 e. The number of nitrogens with zero attached hydrogens (tertiary/aromatic N) is 1. The third kappa shape index (κ3) is 5.30. The Balaban J connectivity index is 2.33. The number of hydrogen-bond acceptors (Lipinski definition) is 2. The van der Waals surface area contributed by atoms with Gasteiger partial charge in [-0.3, -0.25) is 9.59 Å². The molecule has 2 aromatic carbocycles. The molecule has 1 atom stereocenters. The van der Waals surface area contributed by atoms with Crippen LogP contribution in [-0.2, 0) is 22.6 Å². The highest BCUT2D eigenvalue weighted by Crippen LogP contribution is 2.22. The van der Waals surface area contributed by atoms with E-state index >= 15 is 0 Å². The van der Waals surface area contributed by atoms with Crippen LogP contribution in [-0.4, -0.2) is 29.8 Å². The molecule has 0 saturated carbocycles. The summed E-state index contributed by atoms with van der Waals surface area (Å²) in [4.78, 5) is 26.8. The second kappa shape index (κ2) is 9.51. The van der Waals surface area contributed by atoms with Gasteiger partial charge in [0.15, 0.2) is 0 Å². The monoisotopic (exact) mass is 390 g/mol. The highest BCUT2D eigenvalue weighted by atomic mass is 35.5. The standard InChI is InChI=1S/C21H24ClFN2O2/c1-4-19(21(27)24-3)25(13-15-10-8-14(2)9-11-15)20(26)12-16-17(22)6-5-7-18(16)23/h5-11,19H,4,12-13H2,1-3H3,(H,24,27)/t19-/m1/s1. The Hall–Kier alpha value is -2.40. The minimum absolute atomic E-state index is 0.143. The summed E-state index contributed by atoms with van der Waals surface area (Å²) < 4.78 is 14.1. The van der Waals surface area contributed by atoms with Gasteiger partial charge in [0.2, 0.25) is 11.8 Å². The number of aryl methyl sites for hydroxylation is 1. The summed E-state index contributed by atoms with van der Waals surface area (Å²) in [5, 5.41) is 2.80. The lowest BCUT2D eigenvalue weighted by atomic mass is 10.1. The van der Waals surface area contributed by atoms with Gasteiger partial charge in [-0.1, -0.05) is 54.4 Å². The van der Waals surface area contributed by atoms with E-state index in [0.29, 0.717) is 6.42 Å². The van der Waals surface area contributed by atoms with Crippen molar-refractivity contribution in [2.24, 2.45) is 0 Å². The number of carbonyl (C=O) groups is 2. The van der Waals surface area contributed by atoms with Crippen LogP contribution in [0.15, 0.2) is 42.5 Å². The van der Waals surface area contributed by atoms with Crippen LogP contribution in [0.5, 0.6) is 0 Å². The zero-order valence-electron chi connectivity index (χ0n) is 15.8. The molecule has 6 heteroatoms. The molecule has 0 aliphatic rings. The molecule has 0 unspecified atom stereocenters. The number of nitrogens with one attached hydrogen (secondary N) is 1. The topological polar surface area (TPSA) is 49.4 Å². The van der Waals surface area contributed by atoms with Crippen molar-refractivity contribution in [1.29, 1.82) is 0 Å². The van der Waals surface area contributed by atoms with Gasteiger partial charge < -0.3 is 10.2 Å². The SMILES string of the molecule is CC[C@H](C(=O)NC)N(Cc1ccc(C)cc1)C(=O)Cc1c(F)cccc1Cl. The molecule has 144 valence electrons. The first-order chi connectivity index (χ1) is 12.9. The first-order valence-corrected chi connectivity index (χ1v) is 9.24. The van der Waals surface area contributed by atoms with E-state index in [2.05, 4.69) is 5.32 Å². The molecule has 0 aromatic heterocycles. The minimum Gasteiger partial charge on any atom is -0.357 e. The van der Waals surface area contributed by atoms with E-state index in [9.17, 15) is 14.0 Å². The maximum absolute atomic E-state index is 14.1. The molecule has 0 spiro atoms. The molecule has 4 nitrogen and oxygen atoms in total. The second-order valence-electron chi connectivity index (χ2n) is 6.42. The molecule has 0 heterocycles. The van der Waals surface area contributed by atoms with Crippen LogP contribution in [0, 0.1) is 12.7 Å². The average molecular weight is 391 g/mol. The Labute approximate surface area is 164 Å². The van der Waals surface area contributed by atoms with E-state index in [1.165, 1.54) is 24.1 Å². The van der Waals surface area contributed by atoms with Crippen molar-refractivity contribution < 1.29 is 14.0 Å². The Kier molecular flexibility index (Phi) is 7.36. The minimum atomic E-state index is -0.644. The number of amides is 2. The second-order valence-corrected chi connectivity index (χ2v) is 6.83. The molecule has 2 aromatic rings. The number of likely N-dealkylation sites (N-methyl/N-ethyl adjacent to an activating group) is 1. The molecular formula is C21H24ClFN2O2. The molecule has 0 bridgehead atoms. The molecule has 0 fully saturated rings. The number of hydrogen-bond donors (Lipinski definition) is 1. The maximum Gasteiger partial charge on any atom is 0.242 e. The lowest BCUT2D eigenvalue weighted by molar-refractivity contribution is -0.140. The lowest BCUT2D eigenvalue weighted by Gasteiger charge is -2.30. The van der Waals surface area contributed by atoms with Crippen molar-refractivity contribution in [2.75, 3.05) is 7.05 Å². The van der Waals surface area contributed by atoms with Gasteiger partial charge in [-0.05, 0) is 31.0 Å². The van der Waals surface area contributed by atoms with E-state index in [4.69, 9.17) is 11.6 Å². The van der Waals surface area contributed by atoms with Gasteiger partial charge in [0.05, 0.1) is 6.42 Å². The normalized spacial score (nSPS) is 11.7. The van der Waals surface area contributed by atoms with Gasteiger partial charge in [0, 0.05) is 24.2 Å². The van der Waals surface area contributed by atoms with Crippen LogP contribution < -0.4 is 5.32 Å². The molecule has 0 saturated heterocycles. The Morgan fingerprint density at radius 3 is 2.41 bits per heavy atom. The lowest BCUT2D eigenvalue weighted by Crippen LogP contribution is -2.48. The highest BCUT2D eigenvalue weighted by molar-refractivity contribution is 6.31. The molecule has 0 radical (unpaired) electrons. The van der Waals surface area contributed by atoms with Gasteiger partial charge in [-0.15, -0.1) is 0 Å². The van der Waals surface area contributed by atoms with E-state index in [0.717, 1.165) is 11.1 Å². The van der Waals surface area contributed by atoms with Gasteiger partial charge in [-0.25, -0.2) is 4.39 Å². The first kappa shape index (κ1) is 20.9. The zero-order valence-corrected chi connectivity index (χ0v) is 16.5. The Bertz CT molecular complexity index is 788. The molecular weight excluding hydrogens is 367 g/mol. The third-order valence-corrected chi connectivity index (χ3v) is 4.85. The van der Waals surface area contributed by atoms with Crippen LogP contribution in [0.3, 0.4) is 0 Å². The number of rotatable bonds is 7. The maximum atomic E-state index is 14.1. The van der Waals surface area contributed by atoms with Crippen LogP contribution in [0.25, 0.3) is 0 Å². The molecule has 0 aliphatic heterocycles. The van der Waals surface area contributed by atoms with Gasteiger partial charge in [-0.2, -0.15) is 0 Å². The summed E-state index contributed by atoms with van der Waals surface area (Å²) in [7, 11) is 1.53. The predicted octanol–water partition coefficient (Wildman–Crippen LogP) is 3.88. The largest absolute Gasteiger partial charge is 0.357 e. The van der Waals surface area contributed by atoms with Gasteiger partial charge >= 0.3 is 0 Å². The summed E-state index contributed by atoms with van der Waals surface area (Å²) in [6.07, 6.45) is 0.243. The Morgan fingerprint density at radius 1 is 1.19 bits per heavy atom. The third-order valence-electron chi connectivity index (χ3n) is 4.50. The van der Waals surface area contributed by atoms with E-state index in [1.54, 1.807) is 6.07 Å². The van der Waals surface area contributed by atoms with Crippen molar-refractivity contribution in [2.45, 2.75) is 39.3 Å². The van der Waals surface area contributed by atoms with Crippen LogP contribution in [0.2, 0.25) is 5.02 Å². The van der Waals surface area contributed by atoms with Crippen molar-refractivity contribution in [3.63, 3.8) is 0 Å². The fourth-order valence-corrected chi connectivity index (χ4v) is 3.16. The van der Waals surface area contributed by atoms with Crippen LogP contribution in [0.1, 0.15) is 30.0 Å². The first-order valence-electron chi connectivity index (χ1n) is 8.86. The van der Waals surface area contributed by atoms with Crippen molar-refractivity contribution >= 4 is 23.4 Å². The molecule has 2 rings (SSSR count). The van der Waals surface area contributed by atoms with E-state index < -0.39 is 11.9 Å². The van der Waals surface area contributed by atoms with E-state index in [1.807, 2.05) is 38.1 Å². The average Bonchev–Trinajstić information content (AvgIpc) is 2.65. The predicted molar refractivity (Wildman–Crippen MR) is 105 cm³/mol. The molecule has 0 aliphatic carbocycles. The Morgan fingerprint density at radius 2 is 1.85 bits per heavy atom. The highest BCUT2D eigenvalue weighted by Gasteiger charge is 2.28. The summed E-state index contributed by atoms with van der Waals surface area (Å²) >= 11 is 6.07. The molecule has 27 heavy (non-hydrogen) atoms. The van der Waals surface area contributed by atoms with Crippen LogP contribution >= 0.6 is 11.6 Å². The van der Waals surface area contributed by atoms with E-state index in [-0.39, 0.29) is 35.4 Å². The zero-order chi connectivity index (χ0) is 20.0.